The van der Waals surface area contributed by atoms with E-state index in [4.69, 9.17) is 12.2 Å². The number of hydrogen-bond acceptors (Lipinski definition) is 4. The Labute approximate surface area is 174 Å². The van der Waals surface area contributed by atoms with E-state index in [9.17, 15) is 0 Å². The largest absolute Gasteiger partial charge is 0.366 e. The van der Waals surface area contributed by atoms with Crippen LogP contribution in [0, 0.1) is 0 Å². The minimum Gasteiger partial charge on any atom is -0.366 e. The van der Waals surface area contributed by atoms with Crippen LogP contribution in [0.3, 0.4) is 0 Å². The van der Waals surface area contributed by atoms with Gasteiger partial charge >= 0.3 is 0 Å². The molecule has 6 nitrogen and oxygen atoms in total. The Morgan fingerprint density at radius 3 is 2.66 bits per heavy atom. The van der Waals surface area contributed by atoms with Gasteiger partial charge in [-0.2, -0.15) is 0 Å². The first-order valence-corrected chi connectivity index (χ1v) is 9.79. The zero-order valence-electron chi connectivity index (χ0n) is 16.2. The summed E-state index contributed by atoms with van der Waals surface area (Å²) in [6.45, 7) is 2.12. The highest BCUT2D eigenvalue weighted by molar-refractivity contribution is 7.80. The van der Waals surface area contributed by atoms with Crippen molar-refractivity contribution >= 4 is 39.9 Å². The van der Waals surface area contributed by atoms with E-state index >= 15 is 0 Å². The van der Waals surface area contributed by atoms with E-state index in [1.807, 2.05) is 42.5 Å². The van der Waals surface area contributed by atoms with Gasteiger partial charge in [0.25, 0.3) is 0 Å². The molecule has 2 aromatic heterocycles. The van der Waals surface area contributed by atoms with Crippen molar-refractivity contribution in [3.05, 3.63) is 72.6 Å². The van der Waals surface area contributed by atoms with E-state index in [2.05, 4.69) is 56.0 Å². The number of nitrogens with one attached hydrogen (secondary N) is 4. The molecule has 7 heteroatoms. The zero-order valence-corrected chi connectivity index (χ0v) is 17.0. The van der Waals surface area contributed by atoms with Crippen LogP contribution < -0.4 is 16.0 Å². The zero-order chi connectivity index (χ0) is 20.2. The van der Waals surface area contributed by atoms with Crippen LogP contribution in [-0.4, -0.2) is 27.1 Å². The molecule has 2 aromatic carbocycles. The lowest BCUT2D eigenvalue weighted by Crippen LogP contribution is -2.24. The van der Waals surface area contributed by atoms with Crippen molar-refractivity contribution in [3.63, 3.8) is 0 Å². The number of anilines is 2. The molecule has 2 heterocycles. The van der Waals surface area contributed by atoms with Gasteiger partial charge in [0.2, 0.25) is 0 Å². The van der Waals surface area contributed by atoms with Gasteiger partial charge in [-0.05, 0) is 42.9 Å². The predicted molar refractivity (Wildman–Crippen MR) is 123 cm³/mol. The molecule has 0 radical (unpaired) electrons. The van der Waals surface area contributed by atoms with Crippen LogP contribution in [0.15, 0.2) is 67.0 Å². The SMILES string of the molecule is CNC(=S)Nc1cccc(-c2cc3c(NC(C)c4ccccc4)ncnc3[nH]2)c1. The standard InChI is InChI=1S/C22H22N6S/c1-14(15-7-4-3-5-8-15)26-20-18-12-19(28-21(18)25-13-24-20)16-9-6-10-17(11-16)27-22(29)23-2/h3-14H,1-2H3,(H2,23,27,29)(H2,24,25,26,28). The van der Waals surface area contributed by atoms with Crippen molar-refractivity contribution in [2.75, 3.05) is 17.7 Å². The molecule has 0 saturated heterocycles. The van der Waals surface area contributed by atoms with Gasteiger partial charge in [0.1, 0.15) is 17.8 Å². The summed E-state index contributed by atoms with van der Waals surface area (Å²) < 4.78 is 0. The second kappa shape index (κ2) is 8.28. The number of benzene rings is 2. The van der Waals surface area contributed by atoms with Crippen LogP contribution in [0.4, 0.5) is 11.5 Å². The first kappa shape index (κ1) is 18.9. The Morgan fingerprint density at radius 2 is 1.86 bits per heavy atom. The van der Waals surface area contributed by atoms with Crippen molar-refractivity contribution < 1.29 is 0 Å². The van der Waals surface area contributed by atoms with Gasteiger partial charge in [0.05, 0.1) is 5.39 Å². The van der Waals surface area contributed by atoms with Crippen LogP contribution >= 0.6 is 12.2 Å². The first-order chi connectivity index (χ1) is 14.1. The molecule has 0 saturated carbocycles. The predicted octanol–water partition coefficient (Wildman–Crippen LogP) is 4.71. The smallest absolute Gasteiger partial charge is 0.170 e. The minimum atomic E-state index is 0.128. The fourth-order valence-electron chi connectivity index (χ4n) is 3.20. The highest BCUT2D eigenvalue weighted by atomic mass is 32.1. The van der Waals surface area contributed by atoms with Crippen LogP contribution in [0.5, 0.6) is 0 Å². The van der Waals surface area contributed by atoms with Crippen LogP contribution in [-0.2, 0) is 0 Å². The summed E-state index contributed by atoms with van der Waals surface area (Å²) in [7, 11) is 1.79. The van der Waals surface area contributed by atoms with E-state index in [1.54, 1.807) is 13.4 Å². The summed E-state index contributed by atoms with van der Waals surface area (Å²) in [5.74, 6) is 0.805. The van der Waals surface area contributed by atoms with E-state index in [0.29, 0.717) is 5.11 Å². The summed E-state index contributed by atoms with van der Waals surface area (Å²) >= 11 is 5.19. The summed E-state index contributed by atoms with van der Waals surface area (Å²) in [6, 6.07) is 20.6. The van der Waals surface area contributed by atoms with Crippen LogP contribution in [0.1, 0.15) is 18.5 Å². The fourth-order valence-corrected chi connectivity index (χ4v) is 3.32. The van der Waals surface area contributed by atoms with Gasteiger partial charge in [-0.3, -0.25) is 0 Å². The Balaban J connectivity index is 1.64. The Hall–Kier alpha value is -3.45. The second-order valence-electron chi connectivity index (χ2n) is 6.73. The summed E-state index contributed by atoms with van der Waals surface area (Å²) in [5, 5.41) is 11.1. The first-order valence-electron chi connectivity index (χ1n) is 9.38. The summed E-state index contributed by atoms with van der Waals surface area (Å²) in [6.07, 6.45) is 1.58. The molecular weight excluding hydrogens is 380 g/mol. The van der Waals surface area contributed by atoms with E-state index in [0.717, 1.165) is 33.8 Å². The molecule has 146 valence electrons. The molecule has 1 atom stereocenters. The van der Waals surface area contributed by atoms with Gasteiger partial charge in [0.15, 0.2) is 5.11 Å². The highest BCUT2D eigenvalue weighted by Gasteiger charge is 2.12. The van der Waals surface area contributed by atoms with Gasteiger partial charge in [-0.15, -0.1) is 0 Å². The molecule has 29 heavy (non-hydrogen) atoms. The molecule has 0 fully saturated rings. The maximum absolute atomic E-state index is 5.19. The number of H-pyrrole nitrogens is 1. The number of nitrogens with zero attached hydrogens (tertiary/aromatic N) is 2. The number of fused-ring (bicyclic) bond motifs is 1. The molecular formula is C22H22N6S. The molecule has 0 spiro atoms. The quantitative estimate of drug-likeness (QED) is 0.362. The van der Waals surface area contributed by atoms with Crippen LogP contribution in [0.2, 0.25) is 0 Å². The van der Waals surface area contributed by atoms with Crippen molar-refractivity contribution in [2.45, 2.75) is 13.0 Å². The highest BCUT2D eigenvalue weighted by Crippen LogP contribution is 2.29. The summed E-state index contributed by atoms with van der Waals surface area (Å²) in [4.78, 5) is 12.3. The number of rotatable bonds is 5. The maximum atomic E-state index is 5.19. The van der Waals surface area contributed by atoms with Crippen molar-refractivity contribution in [3.8, 4) is 11.3 Å². The topological polar surface area (TPSA) is 77.7 Å². The molecule has 4 N–H and O–H groups in total. The number of thiocarbonyl (C=S) groups is 1. The number of hydrogen-bond donors (Lipinski definition) is 4. The third kappa shape index (κ3) is 4.20. The molecule has 0 aliphatic rings. The normalized spacial score (nSPS) is 11.8. The fraction of sp³-hybridized carbons (Fsp3) is 0.136. The molecule has 0 amide bonds. The van der Waals surface area contributed by atoms with Crippen LogP contribution in [0.25, 0.3) is 22.3 Å². The van der Waals surface area contributed by atoms with Crippen molar-refractivity contribution in [2.24, 2.45) is 0 Å². The monoisotopic (exact) mass is 402 g/mol. The van der Waals surface area contributed by atoms with E-state index in [-0.39, 0.29) is 6.04 Å². The molecule has 0 bridgehead atoms. The lowest BCUT2D eigenvalue weighted by Gasteiger charge is -2.15. The second-order valence-corrected chi connectivity index (χ2v) is 7.14. The lowest BCUT2D eigenvalue weighted by atomic mass is 10.1. The Bertz CT molecular complexity index is 1140. The van der Waals surface area contributed by atoms with Gasteiger partial charge in [-0.25, -0.2) is 9.97 Å². The Morgan fingerprint density at radius 1 is 1.03 bits per heavy atom. The molecule has 4 aromatic rings. The molecule has 4 rings (SSSR count). The number of aromatic amines is 1. The third-order valence-electron chi connectivity index (χ3n) is 4.74. The van der Waals surface area contributed by atoms with Crippen molar-refractivity contribution in [1.29, 1.82) is 0 Å². The van der Waals surface area contributed by atoms with Gasteiger partial charge < -0.3 is 20.9 Å². The third-order valence-corrected chi connectivity index (χ3v) is 5.04. The minimum absolute atomic E-state index is 0.128. The maximum Gasteiger partial charge on any atom is 0.170 e. The van der Waals surface area contributed by atoms with E-state index in [1.165, 1.54) is 5.56 Å². The lowest BCUT2D eigenvalue weighted by molar-refractivity contribution is 0.876. The molecule has 0 aliphatic heterocycles. The Kier molecular flexibility index (Phi) is 5.39. The van der Waals surface area contributed by atoms with Gasteiger partial charge in [0, 0.05) is 30.0 Å². The average Bonchev–Trinajstić information content (AvgIpc) is 3.20. The van der Waals surface area contributed by atoms with Gasteiger partial charge in [-0.1, -0.05) is 42.5 Å². The van der Waals surface area contributed by atoms with E-state index < -0.39 is 0 Å². The number of aromatic nitrogens is 3. The molecule has 0 aliphatic carbocycles. The molecule has 1 unspecified atom stereocenters. The average molecular weight is 403 g/mol. The van der Waals surface area contributed by atoms with Crippen molar-refractivity contribution in [1.82, 2.24) is 20.3 Å². The summed E-state index contributed by atoms with van der Waals surface area (Å²) in [5.41, 5.74) is 4.92.